The van der Waals surface area contributed by atoms with E-state index in [0.29, 0.717) is 0 Å². The fraction of sp³-hybridized carbons (Fsp3) is 0.353. The summed E-state index contributed by atoms with van der Waals surface area (Å²) in [6, 6.07) is 6.78. The van der Waals surface area contributed by atoms with Crippen LogP contribution in [0.4, 0.5) is 4.39 Å². The Morgan fingerprint density at radius 2 is 2.13 bits per heavy atom. The van der Waals surface area contributed by atoms with Gasteiger partial charge in [-0.1, -0.05) is 6.07 Å². The highest BCUT2D eigenvalue weighted by Crippen LogP contribution is 2.22. The number of piperidine rings is 1. The van der Waals surface area contributed by atoms with E-state index in [9.17, 15) is 9.18 Å². The van der Waals surface area contributed by atoms with Gasteiger partial charge in [-0.05, 0) is 63.3 Å². The maximum atomic E-state index is 13.9. The van der Waals surface area contributed by atoms with Crippen LogP contribution in [0.25, 0.3) is 0 Å². The van der Waals surface area contributed by atoms with Crippen LogP contribution in [0.3, 0.4) is 0 Å². The van der Waals surface area contributed by atoms with E-state index in [-0.39, 0.29) is 16.1 Å². The minimum Gasteiger partial charge on any atom is -0.459 e. The van der Waals surface area contributed by atoms with Crippen molar-refractivity contribution in [2.75, 3.05) is 13.1 Å². The standard InChI is InChI=1S/C17H17BrFNO2S/c18-15-3-1-2-14(16(15)19)17(21)22-13-4-7-20(8-5-13)10-12-6-9-23-11-12/h1-3,6,9,11,13H,4-5,7-8,10H2. The molecule has 3 rings (SSSR count). The average molecular weight is 398 g/mol. The van der Waals surface area contributed by atoms with Crippen molar-refractivity contribution in [3.63, 3.8) is 0 Å². The topological polar surface area (TPSA) is 29.5 Å². The van der Waals surface area contributed by atoms with Gasteiger partial charge in [0, 0.05) is 19.6 Å². The molecule has 6 heteroatoms. The molecule has 0 unspecified atom stereocenters. The largest absolute Gasteiger partial charge is 0.459 e. The van der Waals surface area contributed by atoms with E-state index >= 15 is 0 Å². The summed E-state index contributed by atoms with van der Waals surface area (Å²) in [6.07, 6.45) is 1.43. The van der Waals surface area contributed by atoms with Crippen LogP contribution >= 0.6 is 27.3 Å². The van der Waals surface area contributed by atoms with Crippen LogP contribution in [0.2, 0.25) is 0 Å². The molecule has 0 saturated carbocycles. The second-order valence-electron chi connectivity index (χ2n) is 5.61. The molecule has 1 saturated heterocycles. The van der Waals surface area contributed by atoms with Gasteiger partial charge < -0.3 is 4.74 Å². The van der Waals surface area contributed by atoms with E-state index < -0.39 is 11.8 Å². The average Bonchev–Trinajstić information content (AvgIpc) is 3.05. The number of nitrogens with zero attached hydrogens (tertiary/aromatic N) is 1. The number of carbonyl (C=O) groups excluding carboxylic acids is 1. The van der Waals surface area contributed by atoms with Crippen LogP contribution in [0.15, 0.2) is 39.5 Å². The summed E-state index contributed by atoms with van der Waals surface area (Å²) in [7, 11) is 0. The molecule has 23 heavy (non-hydrogen) atoms. The maximum absolute atomic E-state index is 13.9. The third kappa shape index (κ3) is 4.19. The monoisotopic (exact) mass is 397 g/mol. The van der Waals surface area contributed by atoms with Crippen molar-refractivity contribution >= 4 is 33.2 Å². The van der Waals surface area contributed by atoms with Crippen molar-refractivity contribution in [2.45, 2.75) is 25.5 Å². The third-order valence-corrected chi connectivity index (χ3v) is 5.31. The van der Waals surface area contributed by atoms with E-state index in [1.807, 2.05) is 0 Å². The first-order chi connectivity index (χ1) is 11.1. The summed E-state index contributed by atoms with van der Waals surface area (Å²) in [5.41, 5.74) is 1.31. The van der Waals surface area contributed by atoms with Crippen LogP contribution in [0.5, 0.6) is 0 Å². The molecule has 122 valence electrons. The van der Waals surface area contributed by atoms with Crippen molar-refractivity contribution in [3.8, 4) is 0 Å². The Balaban J connectivity index is 1.52. The Hall–Kier alpha value is -1.24. The van der Waals surface area contributed by atoms with Gasteiger partial charge in [-0.15, -0.1) is 0 Å². The van der Waals surface area contributed by atoms with Gasteiger partial charge in [0.05, 0.1) is 10.0 Å². The Morgan fingerprint density at radius 3 is 2.83 bits per heavy atom. The van der Waals surface area contributed by atoms with E-state index in [2.05, 4.69) is 37.7 Å². The van der Waals surface area contributed by atoms with Crippen LogP contribution < -0.4 is 0 Å². The Morgan fingerprint density at radius 1 is 1.35 bits per heavy atom. The molecule has 0 N–H and O–H groups in total. The summed E-state index contributed by atoms with van der Waals surface area (Å²) in [4.78, 5) is 14.5. The number of hydrogen-bond acceptors (Lipinski definition) is 4. The number of hydrogen-bond donors (Lipinski definition) is 0. The summed E-state index contributed by atoms with van der Waals surface area (Å²) in [6.45, 7) is 2.70. The maximum Gasteiger partial charge on any atom is 0.341 e. The molecule has 1 fully saturated rings. The van der Waals surface area contributed by atoms with Gasteiger partial charge in [-0.2, -0.15) is 11.3 Å². The fourth-order valence-corrected chi connectivity index (χ4v) is 3.73. The number of benzene rings is 1. The molecule has 0 atom stereocenters. The van der Waals surface area contributed by atoms with E-state index in [1.165, 1.54) is 11.6 Å². The minimum atomic E-state index is -0.583. The predicted molar refractivity (Wildman–Crippen MR) is 92.1 cm³/mol. The molecule has 0 aliphatic carbocycles. The SMILES string of the molecule is O=C(OC1CCN(Cc2ccsc2)CC1)c1cccc(Br)c1F. The zero-order valence-corrected chi connectivity index (χ0v) is 14.9. The van der Waals surface area contributed by atoms with Crippen molar-refractivity contribution in [1.29, 1.82) is 0 Å². The third-order valence-electron chi connectivity index (χ3n) is 3.97. The summed E-state index contributed by atoms with van der Waals surface area (Å²) in [5.74, 6) is -1.15. The quantitative estimate of drug-likeness (QED) is 0.712. The van der Waals surface area contributed by atoms with Crippen molar-refractivity contribution in [1.82, 2.24) is 4.90 Å². The molecular weight excluding hydrogens is 381 g/mol. The Bertz CT molecular complexity index is 669. The van der Waals surface area contributed by atoms with Crippen LogP contribution in [0.1, 0.15) is 28.8 Å². The lowest BCUT2D eigenvalue weighted by molar-refractivity contribution is 0.00997. The van der Waals surface area contributed by atoms with Gasteiger partial charge in [0.15, 0.2) is 5.82 Å². The molecule has 0 amide bonds. The zero-order chi connectivity index (χ0) is 16.2. The lowest BCUT2D eigenvalue weighted by Crippen LogP contribution is -2.37. The first-order valence-corrected chi connectivity index (χ1v) is 9.25. The van der Waals surface area contributed by atoms with E-state index in [4.69, 9.17) is 4.74 Å². The molecule has 3 nitrogen and oxygen atoms in total. The Kier molecular flexibility index (Phi) is 5.46. The summed E-state index contributed by atoms with van der Waals surface area (Å²) < 4.78 is 19.7. The number of ether oxygens (including phenoxy) is 1. The van der Waals surface area contributed by atoms with Crippen molar-refractivity contribution < 1.29 is 13.9 Å². The molecule has 0 spiro atoms. The minimum absolute atomic E-state index is 0.0138. The Labute approximate surface area is 147 Å². The van der Waals surface area contributed by atoms with E-state index in [1.54, 1.807) is 23.5 Å². The number of esters is 1. The second kappa shape index (κ2) is 7.55. The van der Waals surface area contributed by atoms with Crippen LogP contribution in [-0.4, -0.2) is 30.1 Å². The molecule has 1 aliphatic heterocycles. The first-order valence-electron chi connectivity index (χ1n) is 7.52. The smallest absolute Gasteiger partial charge is 0.341 e. The van der Waals surface area contributed by atoms with E-state index in [0.717, 1.165) is 32.5 Å². The van der Waals surface area contributed by atoms with Gasteiger partial charge in [0.2, 0.25) is 0 Å². The number of carbonyl (C=O) groups is 1. The van der Waals surface area contributed by atoms with Crippen molar-refractivity contribution in [3.05, 3.63) is 56.4 Å². The van der Waals surface area contributed by atoms with Gasteiger partial charge >= 0.3 is 5.97 Å². The highest BCUT2D eigenvalue weighted by atomic mass is 79.9. The molecule has 2 aromatic rings. The van der Waals surface area contributed by atoms with Crippen LogP contribution in [0, 0.1) is 5.82 Å². The van der Waals surface area contributed by atoms with Gasteiger partial charge in [0.1, 0.15) is 6.10 Å². The molecule has 1 aliphatic rings. The number of halogens is 2. The zero-order valence-electron chi connectivity index (χ0n) is 12.5. The number of thiophene rings is 1. The number of likely N-dealkylation sites (tertiary alicyclic amines) is 1. The van der Waals surface area contributed by atoms with Gasteiger partial charge in [-0.25, -0.2) is 9.18 Å². The molecule has 1 aromatic carbocycles. The van der Waals surface area contributed by atoms with Gasteiger partial charge in [-0.3, -0.25) is 4.90 Å². The lowest BCUT2D eigenvalue weighted by Gasteiger charge is -2.31. The molecule has 1 aromatic heterocycles. The normalized spacial score (nSPS) is 16.4. The van der Waals surface area contributed by atoms with Crippen LogP contribution in [-0.2, 0) is 11.3 Å². The number of rotatable bonds is 4. The fourth-order valence-electron chi connectivity index (χ4n) is 2.70. The van der Waals surface area contributed by atoms with Gasteiger partial charge in [0.25, 0.3) is 0 Å². The second-order valence-corrected chi connectivity index (χ2v) is 7.25. The molecule has 0 radical (unpaired) electrons. The first kappa shape index (κ1) is 16.6. The highest BCUT2D eigenvalue weighted by molar-refractivity contribution is 9.10. The highest BCUT2D eigenvalue weighted by Gasteiger charge is 2.24. The summed E-state index contributed by atoms with van der Waals surface area (Å²) >= 11 is 4.79. The molecular formula is C17H17BrFNO2S. The molecule has 0 bridgehead atoms. The molecule has 2 heterocycles. The lowest BCUT2D eigenvalue weighted by atomic mass is 10.1. The van der Waals surface area contributed by atoms with Crippen molar-refractivity contribution in [2.24, 2.45) is 0 Å². The predicted octanol–water partition coefficient (Wildman–Crippen LogP) is 4.47. The summed E-state index contributed by atoms with van der Waals surface area (Å²) in [5, 5.41) is 4.23.